The second-order valence-electron chi connectivity index (χ2n) is 2.68. The molecule has 3 heteroatoms. The van der Waals surface area contributed by atoms with E-state index in [4.69, 9.17) is 10.5 Å². The van der Waals surface area contributed by atoms with Gasteiger partial charge in [0.25, 0.3) is 0 Å². The maximum absolute atomic E-state index is 8.74. The van der Waals surface area contributed by atoms with Gasteiger partial charge in [0, 0.05) is 5.33 Å². The van der Waals surface area contributed by atoms with E-state index >= 15 is 0 Å². The zero-order chi connectivity index (χ0) is 9.84. The monoisotopic (exact) mass is 234 g/mol. The van der Waals surface area contributed by atoms with Crippen molar-refractivity contribution in [3.63, 3.8) is 0 Å². The van der Waals surface area contributed by atoms with Crippen molar-refractivity contribution in [2.24, 2.45) is 0 Å². The van der Waals surface area contributed by atoms with Gasteiger partial charge in [0.05, 0.1) is 11.1 Å². The van der Waals surface area contributed by atoms with E-state index in [2.05, 4.69) is 15.9 Å². The zero-order valence-electron chi connectivity index (χ0n) is 7.13. The molecule has 0 bridgehead atoms. The molecule has 0 saturated carbocycles. The molecule has 2 nitrogen and oxygen atoms in total. The van der Waals surface area contributed by atoms with Crippen molar-refractivity contribution >= 4 is 15.9 Å². The predicted molar refractivity (Wildman–Crippen MR) is 53.2 cm³/mol. The first-order valence-corrected chi connectivity index (χ1v) is 4.84. The molecule has 0 unspecified atom stereocenters. The van der Waals surface area contributed by atoms with Gasteiger partial charge >= 0.3 is 0 Å². The average molecular weight is 235 g/mol. The zero-order valence-corrected chi connectivity index (χ0v) is 8.72. The number of nitrogens with zero attached hydrogens (tertiary/aromatic N) is 2. The Morgan fingerprint density at radius 2 is 1.77 bits per heavy atom. The minimum atomic E-state index is 0.447. The summed E-state index contributed by atoms with van der Waals surface area (Å²) >= 11 is 3.33. The lowest BCUT2D eigenvalue weighted by Gasteiger charge is -2.03. The minimum absolute atomic E-state index is 0.447. The van der Waals surface area contributed by atoms with Crippen LogP contribution < -0.4 is 0 Å². The summed E-state index contributed by atoms with van der Waals surface area (Å²) in [6, 6.07) is 7.50. The van der Waals surface area contributed by atoms with Crippen LogP contribution >= 0.6 is 15.9 Å². The number of hydrogen-bond donors (Lipinski definition) is 0. The van der Waals surface area contributed by atoms with Crippen molar-refractivity contribution in [1.29, 1.82) is 10.5 Å². The molecule has 0 N–H and O–H groups in total. The molecule has 0 aliphatic rings. The largest absolute Gasteiger partial charge is 0.192 e. The summed E-state index contributed by atoms with van der Waals surface area (Å²) in [6.45, 7) is 1.93. The third-order valence-electron chi connectivity index (χ3n) is 1.86. The molecule has 0 amide bonds. The lowest BCUT2D eigenvalue weighted by Crippen LogP contribution is -1.91. The first-order chi connectivity index (χ1) is 6.22. The Morgan fingerprint density at radius 1 is 1.23 bits per heavy atom. The van der Waals surface area contributed by atoms with Gasteiger partial charge in [0.15, 0.2) is 0 Å². The predicted octanol–water partition coefficient (Wildman–Crippen LogP) is 2.63. The highest BCUT2D eigenvalue weighted by Crippen LogP contribution is 2.17. The third kappa shape index (κ3) is 1.88. The summed E-state index contributed by atoms with van der Waals surface area (Å²) in [5, 5.41) is 18.2. The van der Waals surface area contributed by atoms with Gasteiger partial charge in [-0.25, -0.2) is 0 Å². The van der Waals surface area contributed by atoms with E-state index in [9.17, 15) is 0 Å². The van der Waals surface area contributed by atoms with Crippen molar-refractivity contribution < 1.29 is 0 Å². The fourth-order valence-corrected chi connectivity index (χ4v) is 1.69. The molecule has 0 spiro atoms. The van der Waals surface area contributed by atoms with Gasteiger partial charge in [-0.15, -0.1) is 0 Å². The Hall–Kier alpha value is -1.32. The molecule has 1 rings (SSSR count). The van der Waals surface area contributed by atoms with Gasteiger partial charge in [0.1, 0.15) is 12.1 Å². The number of nitriles is 2. The molecule has 0 radical (unpaired) electrons. The maximum atomic E-state index is 8.74. The first-order valence-electron chi connectivity index (χ1n) is 3.72. The summed E-state index contributed by atoms with van der Waals surface area (Å²) < 4.78 is 0. The van der Waals surface area contributed by atoms with E-state index in [1.807, 2.05) is 19.1 Å². The van der Waals surface area contributed by atoms with Crippen LogP contribution in [0.25, 0.3) is 0 Å². The highest BCUT2D eigenvalue weighted by Gasteiger charge is 2.05. The second kappa shape index (κ2) is 4.07. The normalized spacial score (nSPS) is 8.92. The Kier molecular flexibility index (Phi) is 3.06. The highest BCUT2D eigenvalue weighted by atomic mass is 79.9. The number of aryl methyl sites for hydroxylation is 1. The lowest BCUT2D eigenvalue weighted by atomic mass is 10.0. The minimum Gasteiger partial charge on any atom is -0.192 e. The van der Waals surface area contributed by atoms with Crippen LogP contribution in [0.1, 0.15) is 22.3 Å². The lowest BCUT2D eigenvalue weighted by molar-refractivity contribution is 1.29. The summed E-state index contributed by atoms with van der Waals surface area (Å²) in [5.74, 6) is 0. The van der Waals surface area contributed by atoms with E-state index in [-0.39, 0.29) is 0 Å². The van der Waals surface area contributed by atoms with Gasteiger partial charge in [0.2, 0.25) is 0 Å². The van der Waals surface area contributed by atoms with Gasteiger partial charge < -0.3 is 0 Å². The number of hydrogen-bond acceptors (Lipinski definition) is 2. The number of benzene rings is 1. The molecule has 0 aliphatic heterocycles. The maximum Gasteiger partial charge on any atom is 0.101 e. The van der Waals surface area contributed by atoms with Crippen molar-refractivity contribution in [3.8, 4) is 12.1 Å². The number of halogens is 1. The Morgan fingerprint density at radius 3 is 2.23 bits per heavy atom. The highest BCUT2D eigenvalue weighted by molar-refractivity contribution is 9.08. The number of rotatable bonds is 1. The molecular formula is C10H7BrN2. The summed E-state index contributed by atoms with van der Waals surface area (Å²) in [4.78, 5) is 0. The van der Waals surface area contributed by atoms with Crippen LogP contribution in [0.15, 0.2) is 12.1 Å². The van der Waals surface area contributed by atoms with Crippen molar-refractivity contribution in [2.45, 2.75) is 12.3 Å². The molecular weight excluding hydrogens is 228 g/mol. The second-order valence-corrected chi connectivity index (χ2v) is 3.24. The van der Waals surface area contributed by atoms with E-state index < -0.39 is 0 Å². The van der Waals surface area contributed by atoms with Gasteiger partial charge in [-0.2, -0.15) is 10.5 Å². The van der Waals surface area contributed by atoms with Crippen LogP contribution in [-0.2, 0) is 5.33 Å². The SMILES string of the molecule is Cc1cc(C#N)c(C#N)cc1CBr. The molecule has 1 aromatic rings. The molecule has 13 heavy (non-hydrogen) atoms. The molecule has 0 heterocycles. The van der Waals surface area contributed by atoms with Crippen LogP contribution in [0.5, 0.6) is 0 Å². The van der Waals surface area contributed by atoms with E-state index in [1.165, 1.54) is 0 Å². The van der Waals surface area contributed by atoms with Gasteiger partial charge in [-0.1, -0.05) is 15.9 Å². The molecule has 0 atom stereocenters. The summed E-state index contributed by atoms with van der Waals surface area (Å²) in [6.07, 6.45) is 0. The van der Waals surface area contributed by atoms with Crippen LogP contribution in [0.4, 0.5) is 0 Å². The Labute approximate surface area is 85.5 Å². The Balaban J connectivity index is 3.39. The number of alkyl halides is 1. The van der Waals surface area contributed by atoms with E-state index in [0.717, 1.165) is 11.1 Å². The summed E-state index contributed by atoms with van der Waals surface area (Å²) in [5.41, 5.74) is 2.98. The molecule has 64 valence electrons. The van der Waals surface area contributed by atoms with Crippen LogP contribution in [0, 0.1) is 29.6 Å². The van der Waals surface area contributed by atoms with E-state index in [0.29, 0.717) is 16.5 Å². The average Bonchev–Trinajstić information content (AvgIpc) is 2.17. The first kappa shape index (κ1) is 9.77. The van der Waals surface area contributed by atoms with Gasteiger partial charge in [-0.05, 0) is 30.2 Å². The van der Waals surface area contributed by atoms with Crippen molar-refractivity contribution in [1.82, 2.24) is 0 Å². The molecule has 0 aromatic heterocycles. The molecule has 1 aromatic carbocycles. The smallest absolute Gasteiger partial charge is 0.101 e. The quantitative estimate of drug-likeness (QED) is 0.702. The topological polar surface area (TPSA) is 47.6 Å². The van der Waals surface area contributed by atoms with E-state index in [1.54, 1.807) is 12.1 Å². The molecule has 0 fully saturated rings. The van der Waals surface area contributed by atoms with Gasteiger partial charge in [-0.3, -0.25) is 0 Å². The third-order valence-corrected chi connectivity index (χ3v) is 2.47. The van der Waals surface area contributed by atoms with Crippen LogP contribution in [-0.4, -0.2) is 0 Å². The molecule has 0 saturated heterocycles. The Bertz CT molecular complexity index is 410. The summed E-state index contributed by atoms with van der Waals surface area (Å²) in [7, 11) is 0. The fraction of sp³-hybridized carbons (Fsp3) is 0.200. The van der Waals surface area contributed by atoms with Crippen LogP contribution in [0.2, 0.25) is 0 Å². The van der Waals surface area contributed by atoms with Crippen molar-refractivity contribution in [3.05, 3.63) is 34.4 Å². The van der Waals surface area contributed by atoms with Crippen molar-refractivity contribution in [2.75, 3.05) is 0 Å². The molecule has 0 aliphatic carbocycles. The van der Waals surface area contributed by atoms with Crippen LogP contribution in [0.3, 0.4) is 0 Å². The standard InChI is InChI=1S/C10H7BrN2/c1-7-2-9(5-12)10(6-13)3-8(7)4-11/h2-3H,4H2,1H3. The fourth-order valence-electron chi connectivity index (χ4n) is 1.08.